The van der Waals surface area contributed by atoms with Crippen LogP contribution in [0.2, 0.25) is 0 Å². The van der Waals surface area contributed by atoms with Crippen LogP contribution in [0.3, 0.4) is 0 Å². The maximum Gasteiger partial charge on any atom is 0.148 e. The van der Waals surface area contributed by atoms with Crippen LogP contribution >= 0.6 is 0 Å². The molecule has 0 spiro atoms. The standard InChI is InChI=1S/C16H13F2N3/c1-10-16(21-15-5-3-2-4-14(15)20-10)19-9-11-6-7-12(17)8-13(11)18/h2-8H,9H2,1H3,(H,19,21). The third kappa shape index (κ3) is 2.81. The van der Waals surface area contributed by atoms with Gasteiger partial charge in [-0.05, 0) is 25.1 Å². The Morgan fingerprint density at radius 2 is 1.71 bits per heavy atom. The van der Waals surface area contributed by atoms with Crippen LogP contribution in [-0.2, 0) is 6.54 Å². The second-order valence-electron chi connectivity index (χ2n) is 4.74. The van der Waals surface area contributed by atoms with Gasteiger partial charge in [-0.1, -0.05) is 18.2 Å². The predicted octanol–water partition coefficient (Wildman–Crippen LogP) is 3.83. The van der Waals surface area contributed by atoms with Gasteiger partial charge in [-0.15, -0.1) is 0 Å². The zero-order valence-electron chi connectivity index (χ0n) is 11.4. The van der Waals surface area contributed by atoms with Crippen molar-refractivity contribution in [2.45, 2.75) is 13.5 Å². The molecule has 0 aliphatic heterocycles. The highest BCUT2D eigenvalue weighted by molar-refractivity contribution is 5.76. The molecule has 3 rings (SSSR count). The van der Waals surface area contributed by atoms with E-state index < -0.39 is 11.6 Å². The summed E-state index contributed by atoms with van der Waals surface area (Å²) >= 11 is 0. The number of para-hydroxylation sites is 2. The highest BCUT2D eigenvalue weighted by Gasteiger charge is 2.07. The number of fused-ring (bicyclic) bond motifs is 1. The van der Waals surface area contributed by atoms with Crippen molar-refractivity contribution in [1.29, 1.82) is 0 Å². The van der Waals surface area contributed by atoms with Gasteiger partial charge >= 0.3 is 0 Å². The van der Waals surface area contributed by atoms with Gasteiger partial charge in [0.25, 0.3) is 0 Å². The number of hydrogen-bond donors (Lipinski definition) is 1. The van der Waals surface area contributed by atoms with Crippen molar-refractivity contribution in [2.24, 2.45) is 0 Å². The lowest BCUT2D eigenvalue weighted by Gasteiger charge is -2.10. The maximum atomic E-state index is 13.6. The van der Waals surface area contributed by atoms with Gasteiger partial charge in [-0.3, -0.25) is 0 Å². The quantitative estimate of drug-likeness (QED) is 0.794. The zero-order chi connectivity index (χ0) is 14.8. The molecular weight excluding hydrogens is 272 g/mol. The van der Waals surface area contributed by atoms with E-state index in [2.05, 4.69) is 15.3 Å². The molecule has 21 heavy (non-hydrogen) atoms. The average Bonchev–Trinajstić information content (AvgIpc) is 2.46. The first-order chi connectivity index (χ1) is 10.1. The Bertz CT molecular complexity index is 803. The summed E-state index contributed by atoms with van der Waals surface area (Å²) in [5, 5.41) is 3.05. The van der Waals surface area contributed by atoms with Crippen molar-refractivity contribution in [2.75, 3.05) is 5.32 Å². The summed E-state index contributed by atoms with van der Waals surface area (Å²) in [4.78, 5) is 8.91. The van der Waals surface area contributed by atoms with E-state index in [1.54, 1.807) is 0 Å². The van der Waals surface area contributed by atoms with Crippen molar-refractivity contribution in [3.05, 3.63) is 65.4 Å². The Morgan fingerprint density at radius 1 is 1.00 bits per heavy atom. The first kappa shape index (κ1) is 13.4. The Balaban J connectivity index is 1.86. The fourth-order valence-electron chi connectivity index (χ4n) is 2.10. The normalized spacial score (nSPS) is 10.8. The number of aryl methyl sites for hydroxylation is 1. The van der Waals surface area contributed by atoms with Crippen molar-refractivity contribution < 1.29 is 8.78 Å². The minimum absolute atomic E-state index is 0.222. The molecule has 0 unspecified atom stereocenters. The molecule has 0 radical (unpaired) electrons. The molecule has 2 aromatic carbocycles. The average molecular weight is 285 g/mol. The predicted molar refractivity (Wildman–Crippen MR) is 78.0 cm³/mol. The summed E-state index contributed by atoms with van der Waals surface area (Å²) in [7, 11) is 0. The lowest BCUT2D eigenvalue weighted by molar-refractivity contribution is 0.574. The van der Waals surface area contributed by atoms with E-state index in [-0.39, 0.29) is 6.54 Å². The van der Waals surface area contributed by atoms with E-state index in [0.29, 0.717) is 11.4 Å². The Kier molecular flexibility index (Phi) is 3.48. The van der Waals surface area contributed by atoms with Crippen LogP contribution in [0.5, 0.6) is 0 Å². The fourth-order valence-corrected chi connectivity index (χ4v) is 2.10. The van der Waals surface area contributed by atoms with E-state index in [9.17, 15) is 8.78 Å². The van der Waals surface area contributed by atoms with Crippen molar-refractivity contribution in [3.8, 4) is 0 Å². The van der Waals surface area contributed by atoms with Gasteiger partial charge in [0.15, 0.2) is 0 Å². The minimum Gasteiger partial charge on any atom is -0.364 e. The third-order valence-corrected chi connectivity index (χ3v) is 3.21. The summed E-state index contributed by atoms with van der Waals surface area (Å²) in [5.41, 5.74) is 2.70. The molecule has 0 amide bonds. The Labute approximate surface area is 120 Å². The SMILES string of the molecule is Cc1nc2ccccc2nc1NCc1ccc(F)cc1F. The molecule has 5 heteroatoms. The van der Waals surface area contributed by atoms with Crippen LogP contribution in [0.15, 0.2) is 42.5 Å². The molecule has 0 aliphatic carbocycles. The van der Waals surface area contributed by atoms with Crippen molar-refractivity contribution in [1.82, 2.24) is 9.97 Å². The third-order valence-electron chi connectivity index (χ3n) is 3.21. The van der Waals surface area contributed by atoms with Crippen molar-refractivity contribution >= 4 is 16.9 Å². The first-order valence-electron chi connectivity index (χ1n) is 6.54. The lowest BCUT2D eigenvalue weighted by Crippen LogP contribution is -2.06. The Morgan fingerprint density at radius 3 is 2.43 bits per heavy atom. The van der Waals surface area contributed by atoms with Crippen LogP contribution in [0.25, 0.3) is 11.0 Å². The summed E-state index contributed by atoms with van der Waals surface area (Å²) in [6.07, 6.45) is 0. The summed E-state index contributed by atoms with van der Waals surface area (Å²) in [5.74, 6) is -0.566. The van der Waals surface area contributed by atoms with E-state index in [1.165, 1.54) is 12.1 Å². The summed E-state index contributed by atoms with van der Waals surface area (Å²) in [6.45, 7) is 2.06. The highest BCUT2D eigenvalue weighted by atomic mass is 19.1. The second-order valence-corrected chi connectivity index (χ2v) is 4.74. The largest absolute Gasteiger partial charge is 0.364 e. The van der Waals surface area contributed by atoms with Gasteiger partial charge in [0.2, 0.25) is 0 Å². The van der Waals surface area contributed by atoms with Crippen molar-refractivity contribution in [3.63, 3.8) is 0 Å². The molecule has 0 aliphatic rings. The molecule has 106 valence electrons. The molecule has 3 nitrogen and oxygen atoms in total. The molecule has 0 saturated heterocycles. The van der Waals surface area contributed by atoms with Gasteiger partial charge in [-0.2, -0.15) is 0 Å². The van der Waals surface area contributed by atoms with E-state index in [4.69, 9.17) is 0 Å². The topological polar surface area (TPSA) is 37.8 Å². The molecule has 1 aromatic heterocycles. The first-order valence-corrected chi connectivity index (χ1v) is 6.54. The van der Waals surface area contributed by atoms with Gasteiger partial charge in [0.05, 0.1) is 16.7 Å². The lowest BCUT2D eigenvalue weighted by atomic mass is 10.2. The number of nitrogens with zero attached hydrogens (tertiary/aromatic N) is 2. The molecule has 0 fully saturated rings. The number of benzene rings is 2. The van der Waals surface area contributed by atoms with Crippen LogP contribution in [0.1, 0.15) is 11.3 Å². The minimum atomic E-state index is -0.585. The van der Waals surface area contributed by atoms with Crippen LogP contribution in [-0.4, -0.2) is 9.97 Å². The van der Waals surface area contributed by atoms with Crippen LogP contribution < -0.4 is 5.32 Å². The number of anilines is 1. The molecule has 0 atom stereocenters. The maximum absolute atomic E-state index is 13.6. The monoisotopic (exact) mass is 285 g/mol. The summed E-state index contributed by atoms with van der Waals surface area (Å²) < 4.78 is 26.5. The van der Waals surface area contributed by atoms with Gasteiger partial charge in [-0.25, -0.2) is 18.7 Å². The van der Waals surface area contributed by atoms with Crippen LogP contribution in [0.4, 0.5) is 14.6 Å². The molecule has 1 N–H and O–H groups in total. The number of nitrogens with one attached hydrogen (secondary N) is 1. The highest BCUT2D eigenvalue weighted by Crippen LogP contribution is 2.17. The van der Waals surface area contributed by atoms with E-state index in [0.717, 1.165) is 22.8 Å². The molecule has 3 aromatic rings. The van der Waals surface area contributed by atoms with Gasteiger partial charge in [0.1, 0.15) is 17.5 Å². The molecule has 1 heterocycles. The number of aromatic nitrogens is 2. The molecule has 0 saturated carbocycles. The molecular formula is C16H13F2N3. The number of hydrogen-bond acceptors (Lipinski definition) is 3. The van der Waals surface area contributed by atoms with E-state index >= 15 is 0 Å². The Hall–Kier alpha value is -2.56. The number of halogens is 2. The van der Waals surface area contributed by atoms with Gasteiger partial charge in [0, 0.05) is 18.2 Å². The van der Waals surface area contributed by atoms with Gasteiger partial charge < -0.3 is 5.32 Å². The molecule has 0 bridgehead atoms. The van der Waals surface area contributed by atoms with E-state index in [1.807, 2.05) is 31.2 Å². The summed E-state index contributed by atoms with van der Waals surface area (Å²) in [6, 6.07) is 11.1. The fraction of sp³-hybridized carbons (Fsp3) is 0.125. The van der Waals surface area contributed by atoms with Crippen LogP contribution in [0, 0.1) is 18.6 Å². The number of rotatable bonds is 3. The second kappa shape index (κ2) is 5.44. The smallest absolute Gasteiger partial charge is 0.148 e. The zero-order valence-corrected chi connectivity index (χ0v) is 11.4.